The van der Waals surface area contributed by atoms with Crippen molar-refractivity contribution in [2.45, 2.75) is 49.3 Å². The molecule has 0 aliphatic rings. The largest absolute Gasteiger partial charge is 0.496 e. The molecule has 1 N–H and O–H groups in total. The van der Waals surface area contributed by atoms with Crippen LogP contribution in [0.1, 0.15) is 31.4 Å². The van der Waals surface area contributed by atoms with Crippen LogP contribution >= 0.6 is 11.8 Å². The first-order valence-corrected chi connectivity index (χ1v) is 9.69. The van der Waals surface area contributed by atoms with E-state index in [2.05, 4.69) is 0 Å². The molecule has 0 aliphatic carbocycles. The Hall–Kier alpha value is -1.73. The highest BCUT2D eigenvalue weighted by atomic mass is 32.2. The van der Waals surface area contributed by atoms with Gasteiger partial charge in [-0.3, -0.25) is 0 Å². The second-order valence-corrected chi connectivity index (χ2v) is 8.59. The van der Waals surface area contributed by atoms with Gasteiger partial charge in [-0.1, -0.05) is 31.5 Å². The second kappa shape index (κ2) is 8.33. The summed E-state index contributed by atoms with van der Waals surface area (Å²) in [4.78, 5) is 0.634. The van der Waals surface area contributed by atoms with Crippen molar-refractivity contribution in [2.24, 2.45) is 0 Å². The molecule has 2 rings (SSSR count). The first-order chi connectivity index (χ1) is 12.9. The van der Waals surface area contributed by atoms with E-state index in [1.54, 1.807) is 24.3 Å². The van der Waals surface area contributed by atoms with Crippen LogP contribution in [0.15, 0.2) is 47.4 Å². The molecular formula is C21H24F4O2S. The van der Waals surface area contributed by atoms with Gasteiger partial charge >= 0.3 is 6.18 Å². The van der Waals surface area contributed by atoms with Gasteiger partial charge in [0.2, 0.25) is 0 Å². The molecule has 2 nitrogen and oxygen atoms in total. The monoisotopic (exact) mass is 416 g/mol. The SMILES string of the molecule is COc1ccc(F)cc1C(C)(C)C[C@@](O)(CSc1ccc(C)cc1)C(F)(F)F. The minimum atomic E-state index is -4.84. The zero-order valence-corrected chi connectivity index (χ0v) is 17.0. The average molecular weight is 416 g/mol. The van der Waals surface area contributed by atoms with Gasteiger partial charge in [-0.05, 0) is 49.1 Å². The maximum atomic E-state index is 13.8. The van der Waals surface area contributed by atoms with Crippen molar-refractivity contribution in [1.29, 1.82) is 0 Å². The normalized spacial score (nSPS) is 14.6. The summed E-state index contributed by atoms with van der Waals surface area (Å²) in [7, 11) is 1.37. The number of methoxy groups -OCH3 is 1. The molecule has 0 amide bonds. The van der Waals surface area contributed by atoms with E-state index in [9.17, 15) is 22.7 Å². The molecule has 0 radical (unpaired) electrons. The standard InChI is InChI=1S/C21H24F4O2S/c1-14-5-8-16(9-6-14)28-13-20(26,21(23,24)25)12-19(2,3)17-11-15(22)7-10-18(17)27-4/h5-11,26H,12-13H2,1-4H3/t20-/m1/s1. The highest BCUT2D eigenvalue weighted by molar-refractivity contribution is 7.99. The lowest BCUT2D eigenvalue weighted by Gasteiger charge is -2.38. The Kier molecular flexibility index (Phi) is 6.71. The molecule has 0 aromatic heterocycles. The predicted molar refractivity (Wildman–Crippen MR) is 104 cm³/mol. The van der Waals surface area contributed by atoms with Crippen LogP contribution in [0.3, 0.4) is 0 Å². The van der Waals surface area contributed by atoms with Crippen LogP contribution < -0.4 is 4.74 Å². The van der Waals surface area contributed by atoms with E-state index in [4.69, 9.17) is 4.74 Å². The van der Waals surface area contributed by atoms with E-state index in [1.807, 2.05) is 6.92 Å². The minimum Gasteiger partial charge on any atom is -0.496 e. The van der Waals surface area contributed by atoms with Crippen LogP contribution in [0.4, 0.5) is 17.6 Å². The number of ether oxygens (including phenoxy) is 1. The Morgan fingerprint density at radius 3 is 2.18 bits per heavy atom. The quantitative estimate of drug-likeness (QED) is 0.450. The zero-order valence-electron chi connectivity index (χ0n) is 16.2. The molecule has 2 aromatic rings. The molecule has 28 heavy (non-hydrogen) atoms. The molecule has 0 spiro atoms. The molecule has 0 aliphatic heterocycles. The molecule has 7 heteroatoms. The summed E-state index contributed by atoms with van der Waals surface area (Å²) in [6, 6.07) is 10.8. The van der Waals surface area contributed by atoms with Crippen LogP contribution in [-0.2, 0) is 5.41 Å². The van der Waals surface area contributed by atoms with Crippen molar-refractivity contribution in [3.63, 3.8) is 0 Å². The number of aliphatic hydroxyl groups is 1. The maximum Gasteiger partial charge on any atom is 0.418 e. The number of halogens is 4. The van der Waals surface area contributed by atoms with Gasteiger partial charge in [-0.2, -0.15) is 13.2 Å². The summed E-state index contributed by atoms with van der Waals surface area (Å²) < 4.78 is 60.4. The Balaban J connectivity index is 2.32. The smallest absolute Gasteiger partial charge is 0.418 e. The first-order valence-electron chi connectivity index (χ1n) is 8.70. The molecule has 1 atom stereocenters. The summed E-state index contributed by atoms with van der Waals surface area (Å²) >= 11 is 0.937. The minimum absolute atomic E-state index is 0.276. The number of alkyl halides is 3. The number of hydrogen-bond donors (Lipinski definition) is 1. The van der Waals surface area contributed by atoms with Gasteiger partial charge in [0.05, 0.1) is 7.11 Å². The summed E-state index contributed by atoms with van der Waals surface area (Å²) in [5.74, 6) is -0.865. The fraction of sp³-hybridized carbons (Fsp3) is 0.429. The van der Waals surface area contributed by atoms with E-state index < -0.39 is 35.2 Å². The lowest BCUT2D eigenvalue weighted by molar-refractivity contribution is -0.256. The summed E-state index contributed by atoms with van der Waals surface area (Å²) in [6.45, 7) is 4.96. The van der Waals surface area contributed by atoms with Crippen LogP contribution in [0, 0.1) is 12.7 Å². The Labute approximate surface area is 166 Å². The van der Waals surface area contributed by atoms with E-state index >= 15 is 0 Å². The van der Waals surface area contributed by atoms with Gasteiger partial charge < -0.3 is 9.84 Å². The molecule has 0 unspecified atom stereocenters. The van der Waals surface area contributed by atoms with Gasteiger partial charge in [-0.25, -0.2) is 4.39 Å². The van der Waals surface area contributed by atoms with Gasteiger partial charge in [-0.15, -0.1) is 11.8 Å². The average Bonchev–Trinajstić information content (AvgIpc) is 2.60. The van der Waals surface area contributed by atoms with Crippen LogP contribution in [0.25, 0.3) is 0 Å². The Bertz CT molecular complexity index is 803. The summed E-state index contributed by atoms with van der Waals surface area (Å²) in [6.07, 6.45) is -5.48. The van der Waals surface area contributed by atoms with E-state index in [-0.39, 0.29) is 11.3 Å². The third kappa shape index (κ3) is 5.20. The predicted octanol–water partition coefficient (Wildman–Crippen LogP) is 5.90. The van der Waals surface area contributed by atoms with Crippen LogP contribution in [0.5, 0.6) is 5.75 Å². The van der Waals surface area contributed by atoms with Crippen LogP contribution in [-0.4, -0.2) is 29.7 Å². The number of hydrogen-bond acceptors (Lipinski definition) is 3. The fourth-order valence-corrected chi connectivity index (χ4v) is 4.11. The fourth-order valence-electron chi connectivity index (χ4n) is 3.11. The Morgan fingerprint density at radius 1 is 1.04 bits per heavy atom. The molecule has 0 heterocycles. The third-order valence-electron chi connectivity index (χ3n) is 4.65. The van der Waals surface area contributed by atoms with Gasteiger partial charge in [0, 0.05) is 16.2 Å². The summed E-state index contributed by atoms with van der Waals surface area (Å²) in [5.41, 5.74) is -2.87. The van der Waals surface area contributed by atoms with Crippen molar-refractivity contribution in [3.8, 4) is 5.75 Å². The third-order valence-corrected chi connectivity index (χ3v) is 5.88. The molecular weight excluding hydrogens is 392 g/mol. The Morgan fingerprint density at radius 2 is 1.64 bits per heavy atom. The number of rotatable bonds is 7. The van der Waals surface area contributed by atoms with Crippen molar-refractivity contribution in [2.75, 3.05) is 12.9 Å². The maximum absolute atomic E-state index is 13.8. The number of thioether (sulfide) groups is 1. The summed E-state index contributed by atoms with van der Waals surface area (Å²) in [5, 5.41) is 10.6. The first kappa shape index (κ1) is 22.6. The van der Waals surface area contributed by atoms with Crippen LogP contribution in [0.2, 0.25) is 0 Å². The second-order valence-electron chi connectivity index (χ2n) is 7.54. The lowest BCUT2D eigenvalue weighted by atomic mass is 9.75. The van der Waals surface area contributed by atoms with Crippen molar-refractivity contribution >= 4 is 11.8 Å². The lowest BCUT2D eigenvalue weighted by Crippen LogP contribution is -2.51. The number of benzene rings is 2. The molecule has 154 valence electrons. The molecule has 0 bridgehead atoms. The molecule has 2 aromatic carbocycles. The topological polar surface area (TPSA) is 29.5 Å². The van der Waals surface area contributed by atoms with E-state index in [0.717, 1.165) is 23.4 Å². The van der Waals surface area contributed by atoms with Gasteiger partial charge in [0.25, 0.3) is 0 Å². The van der Waals surface area contributed by atoms with E-state index in [0.29, 0.717) is 4.90 Å². The van der Waals surface area contributed by atoms with Crippen molar-refractivity contribution in [3.05, 3.63) is 59.4 Å². The van der Waals surface area contributed by atoms with Gasteiger partial charge in [0.15, 0.2) is 5.60 Å². The molecule has 0 saturated heterocycles. The van der Waals surface area contributed by atoms with Gasteiger partial charge in [0.1, 0.15) is 11.6 Å². The van der Waals surface area contributed by atoms with E-state index in [1.165, 1.54) is 33.1 Å². The number of aryl methyl sites for hydroxylation is 1. The zero-order chi connectivity index (χ0) is 21.2. The molecule has 0 saturated carbocycles. The molecule has 0 fully saturated rings. The highest BCUT2D eigenvalue weighted by Gasteiger charge is 2.56. The highest BCUT2D eigenvalue weighted by Crippen LogP contribution is 2.45. The van der Waals surface area contributed by atoms with Crippen molar-refractivity contribution in [1.82, 2.24) is 0 Å². The van der Waals surface area contributed by atoms with Crippen molar-refractivity contribution < 1.29 is 27.4 Å².